The number of fused-ring (bicyclic) bond motifs is 10. The summed E-state index contributed by atoms with van der Waals surface area (Å²) < 4.78 is 0. The van der Waals surface area contributed by atoms with Crippen molar-refractivity contribution >= 4 is 75.4 Å². The highest BCUT2D eigenvalue weighted by Crippen LogP contribution is 2.37. The second kappa shape index (κ2) is 13.0. The molecule has 0 radical (unpaired) electrons. The van der Waals surface area contributed by atoms with Crippen LogP contribution in [0.5, 0.6) is 0 Å². The van der Waals surface area contributed by atoms with Gasteiger partial charge in [-0.25, -0.2) is 0 Å². The molecule has 0 unspecified atom stereocenters. The van der Waals surface area contributed by atoms with E-state index in [1.54, 1.807) is 0 Å². The van der Waals surface area contributed by atoms with E-state index in [9.17, 15) is 0 Å². The van der Waals surface area contributed by atoms with Crippen LogP contribution in [0.25, 0.3) is 120 Å². The van der Waals surface area contributed by atoms with E-state index in [2.05, 4.69) is 218 Å². The first kappa shape index (κ1) is 32.7. The van der Waals surface area contributed by atoms with E-state index in [4.69, 9.17) is 0 Å². The SMILES string of the molecule is c1ccc(-c2ccc3c(ccc4cc(-c5ccc6c(ccc7cc(-c8ccc9c(ccc%10cc(-c%11ccc%12ccccc%12c%11)ccc%109)c8)ccc76)c5)ccc43)c2)cc1. The van der Waals surface area contributed by atoms with E-state index in [0.29, 0.717) is 0 Å². The lowest BCUT2D eigenvalue weighted by molar-refractivity contribution is 1.65. The lowest BCUT2D eigenvalue weighted by Crippen LogP contribution is -1.85. The first-order valence-electron chi connectivity index (χ1n) is 20.1. The average molecular weight is 733 g/mol. The van der Waals surface area contributed by atoms with Gasteiger partial charge in [-0.15, -0.1) is 0 Å². The van der Waals surface area contributed by atoms with Crippen LogP contribution in [0.4, 0.5) is 0 Å². The third kappa shape index (κ3) is 5.45. The summed E-state index contributed by atoms with van der Waals surface area (Å²) in [6.45, 7) is 0. The highest BCUT2D eigenvalue weighted by Gasteiger charge is 2.11. The lowest BCUT2D eigenvalue weighted by atomic mass is 9.92. The predicted octanol–water partition coefficient (Wildman–Crippen LogP) is 16.4. The summed E-state index contributed by atoms with van der Waals surface area (Å²) in [5.74, 6) is 0. The molecular weight excluding hydrogens is 697 g/mol. The fourth-order valence-electron chi connectivity index (χ4n) is 9.29. The van der Waals surface area contributed by atoms with Crippen molar-refractivity contribution in [3.63, 3.8) is 0 Å². The predicted molar refractivity (Wildman–Crippen MR) is 251 cm³/mol. The molecule has 12 aromatic carbocycles. The summed E-state index contributed by atoms with van der Waals surface area (Å²) in [6, 6.07) is 80.9. The van der Waals surface area contributed by atoms with E-state index in [1.165, 1.54) is 120 Å². The molecule has 0 saturated carbocycles. The maximum absolute atomic E-state index is 2.34. The first-order chi connectivity index (χ1) is 28.7. The van der Waals surface area contributed by atoms with Gasteiger partial charge in [0.2, 0.25) is 0 Å². The molecule has 58 heavy (non-hydrogen) atoms. The molecule has 0 nitrogen and oxygen atoms in total. The van der Waals surface area contributed by atoms with Gasteiger partial charge in [0.05, 0.1) is 0 Å². The minimum Gasteiger partial charge on any atom is -0.0622 e. The van der Waals surface area contributed by atoms with Crippen LogP contribution < -0.4 is 0 Å². The summed E-state index contributed by atoms with van der Waals surface area (Å²) in [6.07, 6.45) is 0. The number of hydrogen-bond acceptors (Lipinski definition) is 0. The van der Waals surface area contributed by atoms with Crippen molar-refractivity contribution in [2.24, 2.45) is 0 Å². The third-order valence-corrected chi connectivity index (χ3v) is 12.4. The van der Waals surface area contributed by atoms with E-state index in [1.807, 2.05) is 0 Å². The summed E-state index contributed by atoms with van der Waals surface area (Å²) in [7, 11) is 0. The van der Waals surface area contributed by atoms with Gasteiger partial charge >= 0.3 is 0 Å². The Morgan fingerprint density at radius 1 is 0.138 bits per heavy atom. The Kier molecular flexibility index (Phi) is 7.33. The molecule has 0 aliphatic carbocycles. The number of rotatable bonds is 4. The quantitative estimate of drug-likeness (QED) is 0.158. The minimum atomic E-state index is 1.23. The minimum absolute atomic E-state index is 1.23. The van der Waals surface area contributed by atoms with Crippen LogP contribution in [0.3, 0.4) is 0 Å². The maximum atomic E-state index is 2.34. The molecule has 0 saturated heterocycles. The van der Waals surface area contributed by atoms with Gasteiger partial charge in [0.1, 0.15) is 0 Å². The third-order valence-electron chi connectivity index (χ3n) is 12.4. The highest BCUT2D eigenvalue weighted by molar-refractivity contribution is 6.13. The van der Waals surface area contributed by atoms with Crippen LogP contribution >= 0.6 is 0 Å². The fraction of sp³-hybridized carbons (Fsp3) is 0. The van der Waals surface area contributed by atoms with Crippen LogP contribution in [0.2, 0.25) is 0 Å². The smallest absolute Gasteiger partial charge is 0.0105 e. The Bertz CT molecular complexity index is 3610. The average Bonchev–Trinajstić information content (AvgIpc) is 3.30. The van der Waals surface area contributed by atoms with Gasteiger partial charge in [-0.3, -0.25) is 0 Å². The normalized spacial score (nSPS) is 11.8. The molecule has 12 rings (SSSR count). The molecule has 0 heteroatoms. The summed E-state index contributed by atoms with van der Waals surface area (Å²) in [4.78, 5) is 0. The summed E-state index contributed by atoms with van der Waals surface area (Å²) in [5.41, 5.74) is 9.93. The van der Waals surface area contributed by atoms with Crippen molar-refractivity contribution in [2.75, 3.05) is 0 Å². The zero-order valence-corrected chi connectivity index (χ0v) is 31.8. The van der Waals surface area contributed by atoms with E-state index >= 15 is 0 Å². The van der Waals surface area contributed by atoms with Gasteiger partial charge < -0.3 is 0 Å². The van der Waals surface area contributed by atoms with Crippen LogP contribution in [0.1, 0.15) is 0 Å². The number of benzene rings is 12. The fourth-order valence-corrected chi connectivity index (χ4v) is 9.29. The summed E-state index contributed by atoms with van der Waals surface area (Å²) in [5, 5.41) is 17.8. The lowest BCUT2D eigenvalue weighted by Gasteiger charge is -2.12. The first-order valence-corrected chi connectivity index (χ1v) is 20.1. The number of hydrogen-bond donors (Lipinski definition) is 0. The molecule has 0 aliphatic rings. The molecule has 0 N–H and O–H groups in total. The van der Waals surface area contributed by atoms with E-state index in [-0.39, 0.29) is 0 Å². The Morgan fingerprint density at radius 2 is 0.379 bits per heavy atom. The van der Waals surface area contributed by atoms with Crippen molar-refractivity contribution in [1.82, 2.24) is 0 Å². The van der Waals surface area contributed by atoms with Crippen LogP contribution in [-0.2, 0) is 0 Å². The Labute approximate surface area is 336 Å². The Balaban J connectivity index is 0.842. The zero-order chi connectivity index (χ0) is 38.2. The standard InChI is InChI=1S/C58H36/c1-2-6-37(7-3-1)40-18-24-53-47(31-40)12-13-49-33-43(20-26-54(49)53)44-22-28-57-51(35-44)16-17-52-36-46(23-29-58(52)57)45-21-27-56-50(34-45)15-14-48-32-42(19-25-55(48)56)41-11-10-38-8-4-5-9-39(38)30-41/h1-36H. The molecule has 0 amide bonds. The molecule has 0 atom stereocenters. The van der Waals surface area contributed by atoms with Crippen molar-refractivity contribution < 1.29 is 0 Å². The van der Waals surface area contributed by atoms with E-state index in [0.717, 1.165) is 0 Å². The summed E-state index contributed by atoms with van der Waals surface area (Å²) >= 11 is 0. The second-order valence-electron chi connectivity index (χ2n) is 15.7. The Hall–Kier alpha value is -7.54. The largest absolute Gasteiger partial charge is 0.0622 e. The van der Waals surface area contributed by atoms with Gasteiger partial charge in [-0.2, -0.15) is 0 Å². The topological polar surface area (TPSA) is 0 Å². The Morgan fingerprint density at radius 3 is 0.724 bits per heavy atom. The molecule has 268 valence electrons. The van der Waals surface area contributed by atoms with Crippen LogP contribution in [-0.4, -0.2) is 0 Å². The zero-order valence-electron chi connectivity index (χ0n) is 31.8. The monoisotopic (exact) mass is 732 g/mol. The molecule has 0 fully saturated rings. The van der Waals surface area contributed by atoms with Crippen LogP contribution in [0, 0.1) is 0 Å². The molecule has 0 spiro atoms. The van der Waals surface area contributed by atoms with Gasteiger partial charge in [0.15, 0.2) is 0 Å². The molecule has 12 aromatic rings. The molecule has 0 aromatic heterocycles. The van der Waals surface area contributed by atoms with Crippen molar-refractivity contribution in [1.29, 1.82) is 0 Å². The molecule has 0 aliphatic heterocycles. The maximum Gasteiger partial charge on any atom is -0.0105 e. The van der Waals surface area contributed by atoms with E-state index < -0.39 is 0 Å². The van der Waals surface area contributed by atoms with Crippen molar-refractivity contribution in [3.05, 3.63) is 218 Å². The molecule has 0 bridgehead atoms. The van der Waals surface area contributed by atoms with Gasteiger partial charge in [0.25, 0.3) is 0 Å². The van der Waals surface area contributed by atoms with Gasteiger partial charge in [-0.1, -0.05) is 176 Å². The second-order valence-corrected chi connectivity index (χ2v) is 15.7. The van der Waals surface area contributed by atoms with Crippen molar-refractivity contribution in [3.8, 4) is 44.5 Å². The van der Waals surface area contributed by atoms with Gasteiger partial charge in [-0.05, 0) is 162 Å². The van der Waals surface area contributed by atoms with Gasteiger partial charge in [0, 0.05) is 0 Å². The molecular formula is C58H36. The van der Waals surface area contributed by atoms with Crippen LogP contribution in [0.15, 0.2) is 218 Å². The highest BCUT2D eigenvalue weighted by atomic mass is 14.1. The van der Waals surface area contributed by atoms with Crippen molar-refractivity contribution in [2.45, 2.75) is 0 Å². The molecule has 0 heterocycles.